The molecule has 0 spiro atoms. The molecule has 2 saturated carbocycles. The van der Waals surface area contributed by atoms with E-state index in [4.69, 9.17) is 9.47 Å². The predicted molar refractivity (Wildman–Crippen MR) is 93.9 cm³/mol. The minimum absolute atomic E-state index is 0.200. The summed E-state index contributed by atoms with van der Waals surface area (Å²) in [5.41, 5.74) is 3.50. The lowest BCUT2D eigenvalue weighted by Gasteiger charge is -2.41. The minimum Gasteiger partial charge on any atom is -0.378 e. The first kappa shape index (κ1) is 17.0. The number of rotatable bonds is 7. The quantitative estimate of drug-likeness (QED) is 0.763. The number of pyridine rings is 1. The number of methoxy groups -OCH3 is 1. The van der Waals surface area contributed by atoms with Crippen molar-refractivity contribution in [1.82, 2.24) is 9.88 Å². The zero-order valence-electron chi connectivity index (χ0n) is 15.1. The van der Waals surface area contributed by atoms with E-state index in [0.717, 1.165) is 44.8 Å². The average Bonchev–Trinajstić information content (AvgIpc) is 3.42. The molecule has 25 heavy (non-hydrogen) atoms. The van der Waals surface area contributed by atoms with Crippen LogP contribution in [0.15, 0.2) is 12.4 Å². The SMILES string of the molecule is COC1(CC(=O)N2CCc3c(COCC4CC4)cncc3C2)CCC1. The molecule has 0 N–H and O–H groups in total. The zero-order valence-corrected chi connectivity index (χ0v) is 15.1. The molecule has 136 valence electrons. The maximum absolute atomic E-state index is 12.7. The van der Waals surface area contributed by atoms with Crippen molar-refractivity contribution < 1.29 is 14.3 Å². The fourth-order valence-electron chi connectivity index (χ4n) is 3.94. The van der Waals surface area contributed by atoms with E-state index < -0.39 is 0 Å². The maximum Gasteiger partial charge on any atom is 0.225 e. The fourth-order valence-corrected chi connectivity index (χ4v) is 3.94. The van der Waals surface area contributed by atoms with Crippen LogP contribution in [0.4, 0.5) is 0 Å². The number of fused-ring (bicyclic) bond motifs is 1. The smallest absolute Gasteiger partial charge is 0.225 e. The molecule has 0 aromatic carbocycles. The molecule has 1 aromatic rings. The maximum atomic E-state index is 12.7. The Labute approximate surface area is 149 Å². The van der Waals surface area contributed by atoms with E-state index in [1.54, 1.807) is 7.11 Å². The van der Waals surface area contributed by atoms with E-state index in [1.165, 1.54) is 29.5 Å². The van der Waals surface area contributed by atoms with Crippen molar-refractivity contribution in [1.29, 1.82) is 0 Å². The lowest BCUT2D eigenvalue weighted by Crippen LogP contribution is -2.46. The second-order valence-electron chi connectivity index (χ2n) is 7.88. The van der Waals surface area contributed by atoms with Crippen LogP contribution in [0.5, 0.6) is 0 Å². The molecule has 2 heterocycles. The van der Waals surface area contributed by atoms with Gasteiger partial charge in [-0.15, -0.1) is 0 Å². The van der Waals surface area contributed by atoms with Crippen LogP contribution in [-0.4, -0.2) is 41.7 Å². The highest BCUT2D eigenvalue weighted by molar-refractivity contribution is 5.77. The third-order valence-corrected chi connectivity index (χ3v) is 6.06. The van der Waals surface area contributed by atoms with E-state index in [1.807, 2.05) is 17.3 Å². The Balaban J connectivity index is 1.38. The normalized spacial score (nSPS) is 21.6. The summed E-state index contributed by atoms with van der Waals surface area (Å²) in [6.45, 7) is 2.96. The Morgan fingerprint density at radius 2 is 2.20 bits per heavy atom. The van der Waals surface area contributed by atoms with Crippen LogP contribution in [0, 0.1) is 5.92 Å². The van der Waals surface area contributed by atoms with Crippen LogP contribution in [0.25, 0.3) is 0 Å². The molecule has 5 heteroatoms. The van der Waals surface area contributed by atoms with Crippen molar-refractivity contribution in [2.75, 3.05) is 20.3 Å². The lowest BCUT2D eigenvalue weighted by atomic mass is 9.77. The number of nitrogens with zero attached hydrogens (tertiary/aromatic N) is 2. The Hall–Kier alpha value is -1.46. The van der Waals surface area contributed by atoms with Gasteiger partial charge >= 0.3 is 0 Å². The summed E-state index contributed by atoms with van der Waals surface area (Å²) < 4.78 is 11.5. The molecule has 0 unspecified atom stereocenters. The molecule has 1 aromatic heterocycles. The van der Waals surface area contributed by atoms with Crippen LogP contribution in [0.1, 0.15) is 55.2 Å². The van der Waals surface area contributed by atoms with Crippen molar-refractivity contribution in [3.63, 3.8) is 0 Å². The molecule has 0 saturated heterocycles. The van der Waals surface area contributed by atoms with Gasteiger partial charge in [-0.25, -0.2) is 0 Å². The zero-order chi connectivity index (χ0) is 17.3. The van der Waals surface area contributed by atoms with Gasteiger partial charge in [0.15, 0.2) is 0 Å². The highest BCUT2D eigenvalue weighted by Gasteiger charge is 2.40. The molecular weight excluding hydrogens is 316 g/mol. The first-order valence-corrected chi connectivity index (χ1v) is 9.54. The summed E-state index contributed by atoms with van der Waals surface area (Å²) in [6, 6.07) is 0. The lowest BCUT2D eigenvalue weighted by molar-refractivity contribution is -0.145. The molecule has 2 fully saturated rings. The molecule has 0 bridgehead atoms. The number of amides is 1. The van der Waals surface area contributed by atoms with Crippen LogP contribution in [-0.2, 0) is 33.8 Å². The van der Waals surface area contributed by atoms with Gasteiger partial charge in [-0.1, -0.05) is 0 Å². The number of hydrogen-bond donors (Lipinski definition) is 0. The third kappa shape index (κ3) is 3.72. The molecule has 1 aliphatic heterocycles. The Morgan fingerprint density at radius 3 is 2.88 bits per heavy atom. The van der Waals surface area contributed by atoms with E-state index in [0.29, 0.717) is 19.6 Å². The van der Waals surface area contributed by atoms with Crippen molar-refractivity contribution >= 4 is 5.91 Å². The van der Waals surface area contributed by atoms with Crippen LogP contribution < -0.4 is 0 Å². The van der Waals surface area contributed by atoms with E-state index >= 15 is 0 Å². The fraction of sp³-hybridized carbons (Fsp3) is 0.700. The standard InChI is InChI=1S/C20H28N2O3/c1-24-20(6-2-7-20)9-19(23)22-8-5-18-16(12-22)10-21-11-17(18)14-25-13-15-3-4-15/h10-11,15H,2-9,12-14H2,1H3. The van der Waals surface area contributed by atoms with Gasteiger partial charge in [0.05, 0.1) is 18.6 Å². The van der Waals surface area contributed by atoms with Crippen molar-refractivity contribution in [2.24, 2.45) is 5.92 Å². The summed E-state index contributed by atoms with van der Waals surface area (Å²) in [5.74, 6) is 0.989. The van der Waals surface area contributed by atoms with Gasteiger partial charge < -0.3 is 14.4 Å². The van der Waals surface area contributed by atoms with Gasteiger partial charge in [-0.3, -0.25) is 9.78 Å². The molecular formula is C20H28N2O3. The second-order valence-corrected chi connectivity index (χ2v) is 7.88. The van der Waals surface area contributed by atoms with Gasteiger partial charge in [0, 0.05) is 39.2 Å². The largest absolute Gasteiger partial charge is 0.378 e. The monoisotopic (exact) mass is 344 g/mol. The number of carbonyl (C=O) groups excluding carboxylic acids is 1. The van der Waals surface area contributed by atoms with Crippen LogP contribution >= 0.6 is 0 Å². The van der Waals surface area contributed by atoms with E-state index in [2.05, 4.69) is 4.98 Å². The van der Waals surface area contributed by atoms with Crippen molar-refractivity contribution in [2.45, 2.75) is 63.7 Å². The number of carbonyl (C=O) groups is 1. The highest BCUT2D eigenvalue weighted by atomic mass is 16.5. The summed E-state index contributed by atoms with van der Waals surface area (Å²) >= 11 is 0. The molecule has 0 radical (unpaired) electrons. The number of hydrogen-bond acceptors (Lipinski definition) is 4. The van der Waals surface area contributed by atoms with Gasteiger partial charge in [0.2, 0.25) is 5.91 Å². The first-order chi connectivity index (χ1) is 12.2. The molecule has 4 rings (SSSR count). The Bertz CT molecular complexity index is 632. The van der Waals surface area contributed by atoms with Gasteiger partial charge in [0.1, 0.15) is 0 Å². The third-order valence-electron chi connectivity index (χ3n) is 6.06. The van der Waals surface area contributed by atoms with Crippen molar-refractivity contribution in [3.8, 4) is 0 Å². The Kier molecular flexibility index (Phi) is 4.78. The highest BCUT2D eigenvalue weighted by Crippen LogP contribution is 2.38. The van der Waals surface area contributed by atoms with Gasteiger partial charge in [0.25, 0.3) is 0 Å². The average molecular weight is 344 g/mol. The van der Waals surface area contributed by atoms with Crippen LogP contribution in [0.2, 0.25) is 0 Å². The summed E-state index contributed by atoms with van der Waals surface area (Å²) in [7, 11) is 1.73. The summed E-state index contributed by atoms with van der Waals surface area (Å²) in [5, 5.41) is 0. The van der Waals surface area contributed by atoms with E-state index in [9.17, 15) is 4.79 Å². The molecule has 3 aliphatic rings. The summed E-state index contributed by atoms with van der Waals surface area (Å²) in [4.78, 5) is 19.1. The second kappa shape index (κ2) is 7.04. The first-order valence-electron chi connectivity index (χ1n) is 9.54. The van der Waals surface area contributed by atoms with Crippen molar-refractivity contribution in [3.05, 3.63) is 29.1 Å². The number of ether oxygens (including phenoxy) is 2. The van der Waals surface area contributed by atoms with Gasteiger partial charge in [-0.2, -0.15) is 0 Å². The molecule has 0 atom stereocenters. The molecule has 2 aliphatic carbocycles. The minimum atomic E-state index is -0.200. The predicted octanol–water partition coefficient (Wildman–Crippen LogP) is 2.85. The topological polar surface area (TPSA) is 51.7 Å². The molecule has 5 nitrogen and oxygen atoms in total. The molecule has 1 amide bonds. The van der Waals surface area contributed by atoms with E-state index in [-0.39, 0.29) is 11.5 Å². The summed E-state index contributed by atoms with van der Waals surface area (Å²) in [6.07, 6.45) is 11.0. The van der Waals surface area contributed by atoms with Gasteiger partial charge in [-0.05, 0) is 61.1 Å². The number of aromatic nitrogens is 1. The van der Waals surface area contributed by atoms with Crippen LogP contribution in [0.3, 0.4) is 0 Å². The Morgan fingerprint density at radius 1 is 1.36 bits per heavy atom.